The average molecular weight is 407 g/mol. The Morgan fingerprint density at radius 1 is 1.27 bits per heavy atom. The van der Waals surface area contributed by atoms with E-state index in [2.05, 4.69) is 10.6 Å². The Morgan fingerprint density at radius 2 is 2.07 bits per heavy atom. The van der Waals surface area contributed by atoms with Gasteiger partial charge in [-0.1, -0.05) is 6.07 Å². The van der Waals surface area contributed by atoms with Gasteiger partial charge < -0.3 is 15.0 Å². The number of amides is 3. The number of nitrogens with one attached hydrogen (secondary N) is 2. The molecule has 4 rings (SSSR count). The molecule has 1 saturated heterocycles. The van der Waals surface area contributed by atoms with E-state index in [9.17, 15) is 18.8 Å². The zero-order chi connectivity index (χ0) is 21.5. The minimum Gasteiger partial charge on any atom is -0.497 e. The largest absolute Gasteiger partial charge is 0.497 e. The molecular formula is C21H19BFN3O4. The zero-order valence-corrected chi connectivity index (χ0v) is 16.3. The summed E-state index contributed by atoms with van der Waals surface area (Å²) in [7, 11) is 7.77. The van der Waals surface area contributed by atoms with Crippen molar-refractivity contribution in [1.29, 1.82) is 0 Å². The summed E-state index contributed by atoms with van der Waals surface area (Å²) >= 11 is 0. The number of carbonyl (C=O) groups is 3. The Morgan fingerprint density at radius 3 is 2.80 bits per heavy atom. The Labute approximate surface area is 174 Å². The first-order valence-electron chi connectivity index (χ1n) is 9.47. The summed E-state index contributed by atoms with van der Waals surface area (Å²) in [6.07, 6.45) is 0.109. The highest BCUT2D eigenvalue weighted by Gasteiger charge is 2.48. The third-order valence-corrected chi connectivity index (χ3v) is 5.55. The van der Waals surface area contributed by atoms with Crippen molar-refractivity contribution in [3.05, 3.63) is 58.9 Å². The summed E-state index contributed by atoms with van der Waals surface area (Å²) in [6.45, 7) is 0.284. The number of fused-ring (bicyclic) bond motifs is 1. The molecule has 0 aromatic heterocycles. The molecule has 2 aromatic rings. The quantitative estimate of drug-likeness (QED) is 0.582. The van der Waals surface area contributed by atoms with E-state index >= 15 is 0 Å². The van der Waals surface area contributed by atoms with Crippen LogP contribution < -0.4 is 15.4 Å². The molecular weight excluding hydrogens is 388 g/mol. The maximum Gasteiger partial charge on any atom is 0.254 e. The van der Waals surface area contributed by atoms with Crippen molar-refractivity contribution in [1.82, 2.24) is 10.2 Å². The molecule has 7 nitrogen and oxygen atoms in total. The summed E-state index contributed by atoms with van der Waals surface area (Å²) in [5.41, 5.74) is 0.538. The lowest BCUT2D eigenvalue weighted by molar-refractivity contribution is -0.138. The number of benzene rings is 2. The summed E-state index contributed by atoms with van der Waals surface area (Å²) in [5.74, 6) is -1.32. The number of carbonyl (C=O) groups excluding carboxylic acids is 3. The van der Waals surface area contributed by atoms with Gasteiger partial charge in [0, 0.05) is 41.9 Å². The molecule has 2 heterocycles. The molecule has 0 saturated carbocycles. The molecule has 1 unspecified atom stereocenters. The van der Waals surface area contributed by atoms with Crippen molar-refractivity contribution in [2.45, 2.75) is 31.4 Å². The third-order valence-electron chi connectivity index (χ3n) is 5.55. The number of hydrogen-bond acceptors (Lipinski definition) is 5. The first-order chi connectivity index (χ1) is 14.3. The van der Waals surface area contributed by atoms with E-state index in [0.29, 0.717) is 28.1 Å². The lowest BCUT2D eigenvalue weighted by Crippen LogP contribution is -2.63. The number of imide groups is 1. The lowest BCUT2D eigenvalue weighted by atomic mass is 9.70. The van der Waals surface area contributed by atoms with Crippen molar-refractivity contribution in [2.24, 2.45) is 0 Å². The van der Waals surface area contributed by atoms with Crippen LogP contribution >= 0.6 is 0 Å². The Hall–Kier alpha value is -3.36. The maximum atomic E-state index is 14.1. The summed E-state index contributed by atoms with van der Waals surface area (Å²) < 4.78 is 19.3. The molecule has 1 atom stereocenters. The topological polar surface area (TPSA) is 87.7 Å². The molecule has 0 bridgehead atoms. The van der Waals surface area contributed by atoms with Gasteiger partial charge in [-0.15, -0.1) is 0 Å². The molecule has 0 spiro atoms. The van der Waals surface area contributed by atoms with Crippen molar-refractivity contribution in [2.75, 3.05) is 12.4 Å². The SMILES string of the molecule is [B]C1(N2Cc3c(NCc4cc(OC)ccc4F)cccc3C2=O)CCC(=O)NC1=O. The summed E-state index contributed by atoms with van der Waals surface area (Å²) in [6, 6.07) is 9.61. The fourth-order valence-corrected chi connectivity index (χ4v) is 3.80. The second-order valence-electron chi connectivity index (χ2n) is 7.34. The van der Waals surface area contributed by atoms with E-state index in [4.69, 9.17) is 12.6 Å². The molecule has 0 aliphatic carbocycles. The Kier molecular flexibility index (Phi) is 4.97. The number of anilines is 1. The van der Waals surface area contributed by atoms with Crippen LogP contribution in [0.1, 0.15) is 34.3 Å². The highest BCUT2D eigenvalue weighted by Crippen LogP contribution is 2.36. The first-order valence-corrected chi connectivity index (χ1v) is 9.47. The van der Waals surface area contributed by atoms with Gasteiger partial charge in [-0.05, 0) is 36.8 Å². The molecule has 3 amide bonds. The Bertz CT molecular complexity index is 1060. The second kappa shape index (κ2) is 7.48. The summed E-state index contributed by atoms with van der Waals surface area (Å²) in [4.78, 5) is 38.1. The second-order valence-corrected chi connectivity index (χ2v) is 7.34. The van der Waals surface area contributed by atoms with Crippen LogP contribution in [0.3, 0.4) is 0 Å². The summed E-state index contributed by atoms with van der Waals surface area (Å²) in [5, 5.41) is 5.36. The number of ether oxygens (including phenoxy) is 1. The van der Waals surface area contributed by atoms with Crippen LogP contribution in [-0.4, -0.2) is 43.0 Å². The predicted octanol–water partition coefficient (Wildman–Crippen LogP) is 1.70. The van der Waals surface area contributed by atoms with E-state index in [-0.39, 0.29) is 37.7 Å². The zero-order valence-electron chi connectivity index (χ0n) is 16.3. The van der Waals surface area contributed by atoms with Crippen LogP contribution in [0.4, 0.5) is 10.1 Å². The number of piperidine rings is 1. The van der Waals surface area contributed by atoms with Crippen LogP contribution in [0.5, 0.6) is 5.75 Å². The number of rotatable bonds is 5. The van der Waals surface area contributed by atoms with Crippen LogP contribution in [-0.2, 0) is 22.7 Å². The van der Waals surface area contributed by atoms with Crippen molar-refractivity contribution in [3.8, 4) is 5.75 Å². The average Bonchev–Trinajstić information content (AvgIpc) is 3.08. The van der Waals surface area contributed by atoms with Gasteiger partial charge in [-0.3, -0.25) is 19.7 Å². The first kappa shape index (κ1) is 19.9. The van der Waals surface area contributed by atoms with Crippen LogP contribution in [0.15, 0.2) is 36.4 Å². The highest BCUT2D eigenvalue weighted by atomic mass is 19.1. The van der Waals surface area contributed by atoms with Gasteiger partial charge in [0.05, 0.1) is 12.5 Å². The van der Waals surface area contributed by atoms with Gasteiger partial charge in [-0.25, -0.2) is 4.39 Å². The normalized spacial score (nSPS) is 20.7. The molecule has 2 aliphatic rings. The van der Waals surface area contributed by atoms with Gasteiger partial charge in [0.1, 0.15) is 19.4 Å². The van der Waals surface area contributed by atoms with Crippen LogP contribution in [0.25, 0.3) is 0 Å². The molecule has 1 fully saturated rings. The van der Waals surface area contributed by atoms with Gasteiger partial charge >= 0.3 is 0 Å². The smallest absolute Gasteiger partial charge is 0.254 e. The molecule has 2 N–H and O–H groups in total. The van der Waals surface area contributed by atoms with Crippen molar-refractivity contribution < 1.29 is 23.5 Å². The van der Waals surface area contributed by atoms with Gasteiger partial charge in [0.25, 0.3) is 5.91 Å². The Balaban J connectivity index is 1.58. The fourth-order valence-electron chi connectivity index (χ4n) is 3.80. The molecule has 30 heavy (non-hydrogen) atoms. The molecule has 2 aliphatic heterocycles. The monoisotopic (exact) mass is 407 g/mol. The molecule has 2 aromatic carbocycles. The van der Waals surface area contributed by atoms with Crippen LogP contribution in [0.2, 0.25) is 0 Å². The van der Waals surface area contributed by atoms with E-state index in [1.54, 1.807) is 24.3 Å². The standard InChI is InChI=1S/C21H19BFN3O4/c1-30-13-5-6-16(23)12(9-13)10-24-17-4-2-3-14-15(17)11-26(19(14)28)21(22)8-7-18(27)25-20(21)29/h2-6,9,24H,7-8,10-11H2,1H3,(H,25,27,29). The maximum absolute atomic E-state index is 14.1. The van der Waals surface area contributed by atoms with E-state index < -0.39 is 17.3 Å². The predicted molar refractivity (Wildman–Crippen MR) is 107 cm³/mol. The number of nitrogens with zero attached hydrogens (tertiary/aromatic N) is 1. The minimum atomic E-state index is -1.60. The number of hydrogen-bond donors (Lipinski definition) is 2. The van der Waals surface area contributed by atoms with Crippen molar-refractivity contribution in [3.63, 3.8) is 0 Å². The van der Waals surface area contributed by atoms with Gasteiger partial charge in [0.15, 0.2) is 0 Å². The van der Waals surface area contributed by atoms with Gasteiger partial charge in [0.2, 0.25) is 11.8 Å². The lowest BCUT2D eigenvalue weighted by Gasteiger charge is -2.40. The highest BCUT2D eigenvalue weighted by molar-refractivity contribution is 6.32. The van der Waals surface area contributed by atoms with Crippen molar-refractivity contribution >= 4 is 31.3 Å². The molecule has 9 heteroatoms. The third kappa shape index (κ3) is 3.30. The molecule has 152 valence electrons. The fraction of sp³-hybridized carbons (Fsp3) is 0.286. The molecule has 2 radical (unpaired) electrons. The minimum absolute atomic E-state index is 0.0508. The number of halogens is 1. The van der Waals surface area contributed by atoms with E-state index in [1.165, 1.54) is 24.1 Å². The van der Waals surface area contributed by atoms with E-state index in [0.717, 1.165) is 0 Å². The van der Waals surface area contributed by atoms with E-state index in [1.807, 2.05) is 0 Å². The van der Waals surface area contributed by atoms with Gasteiger partial charge in [-0.2, -0.15) is 0 Å². The van der Waals surface area contributed by atoms with Crippen LogP contribution in [0, 0.1) is 5.82 Å². The number of methoxy groups -OCH3 is 1.